The lowest BCUT2D eigenvalue weighted by molar-refractivity contribution is -0.121. The van der Waals surface area contributed by atoms with Crippen LogP contribution in [-0.4, -0.2) is 31.4 Å². The van der Waals surface area contributed by atoms with E-state index >= 15 is 0 Å². The second-order valence-corrected chi connectivity index (χ2v) is 6.49. The lowest BCUT2D eigenvalue weighted by Crippen LogP contribution is -2.25. The van der Waals surface area contributed by atoms with Crippen molar-refractivity contribution in [2.45, 2.75) is 44.9 Å². The molecule has 1 aromatic rings. The Labute approximate surface area is 148 Å². The normalized spacial score (nSPS) is 16.1. The average Bonchev–Trinajstić information content (AvgIpc) is 2.66. The zero-order valence-electron chi connectivity index (χ0n) is 14.5. The average molecular weight is 343 g/mol. The zero-order chi connectivity index (χ0) is 17.5. The smallest absolute Gasteiger partial charge is 0.220 e. The van der Waals surface area contributed by atoms with E-state index in [0.29, 0.717) is 36.8 Å². The molecule has 5 heteroatoms. The van der Waals surface area contributed by atoms with E-state index in [0.717, 1.165) is 19.3 Å². The first kappa shape index (κ1) is 17.5. The highest BCUT2D eigenvalue weighted by Gasteiger charge is 2.15. The molecule has 1 aromatic carbocycles. The van der Waals surface area contributed by atoms with Gasteiger partial charge in [0.15, 0.2) is 17.3 Å². The van der Waals surface area contributed by atoms with Gasteiger partial charge in [-0.2, -0.15) is 0 Å². The van der Waals surface area contributed by atoms with E-state index in [1.807, 2.05) is 0 Å². The monoisotopic (exact) mass is 343 g/mol. The molecule has 2 aliphatic rings. The van der Waals surface area contributed by atoms with Gasteiger partial charge < -0.3 is 14.8 Å². The molecule has 0 unspecified atom stereocenters. The Morgan fingerprint density at radius 1 is 1.04 bits per heavy atom. The number of carbonyl (C=O) groups excluding carboxylic acids is 2. The first-order chi connectivity index (χ1) is 12.2. The molecule has 25 heavy (non-hydrogen) atoms. The van der Waals surface area contributed by atoms with E-state index in [1.165, 1.54) is 18.4 Å². The van der Waals surface area contributed by atoms with Crippen molar-refractivity contribution in [2.75, 3.05) is 19.8 Å². The summed E-state index contributed by atoms with van der Waals surface area (Å²) in [5, 5.41) is 2.91. The number of rotatable bonds is 7. The number of ether oxygens (including phenoxy) is 2. The van der Waals surface area contributed by atoms with Crippen LogP contribution in [0.4, 0.5) is 0 Å². The third-order valence-electron chi connectivity index (χ3n) is 4.60. The summed E-state index contributed by atoms with van der Waals surface area (Å²) >= 11 is 0. The van der Waals surface area contributed by atoms with Crippen molar-refractivity contribution in [1.82, 2.24) is 5.32 Å². The van der Waals surface area contributed by atoms with Crippen molar-refractivity contribution in [3.8, 4) is 11.5 Å². The Morgan fingerprint density at radius 3 is 2.68 bits per heavy atom. The minimum atomic E-state index is -0.0673. The molecule has 5 nitrogen and oxygen atoms in total. The van der Waals surface area contributed by atoms with Crippen LogP contribution in [-0.2, 0) is 4.79 Å². The molecule has 1 aliphatic carbocycles. The van der Waals surface area contributed by atoms with Crippen LogP contribution < -0.4 is 14.8 Å². The molecule has 0 fully saturated rings. The molecule has 0 saturated carbocycles. The maximum Gasteiger partial charge on any atom is 0.220 e. The Morgan fingerprint density at radius 2 is 1.88 bits per heavy atom. The number of fused-ring (bicyclic) bond motifs is 1. The molecule has 0 bridgehead atoms. The first-order valence-corrected chi connectivity index (χ1v) is 9.10. The second kappa shape index (κ2) is 8.70. The Balaban J connectivity index is 1.41. The summed E-state index contributed by atoms with van der Waals surface area (Å²) in [7, 11) is 0. The fourth-order valence-corrected chi connectivity index (χ4v) is 3.17. The van der Waals surface area contributed by atoms with Crippen molar-refractivity contribution in [3.05, 3.63) is 35.4 Å². The minimum absolute atomic E-state index is 0.0536. The number of carbonyl (C=O) groups is 2. The summed E-state index contributed by atoms with van der Waals surface area (Å²) in [4.78, 5) is 24.2. The van der Waals surface area contributed by atoms with Gasteiger partial charge in [-0.1, -0.05) is 11.6 Å². The van der Waals surface area contributed by atoms with Gasteiger partial charge in [-0.3, -0.25) is 9.59 Å². The first-order valence-electron chi connectivity index (χ1n) is 9.10. The molecule has 0 atom stereocenters. The highest BCUT2D eigenvalue weighted by atomic mass is 16.6. The topological polar surface area (TPSA) is 64.6 Å². The molecule has 3 rings (SSSR count). The van der Waals surface area contributed by atoms with Crippen LogP contribution in [0.1, 0.15) is 55.3 Å². The third kappa shape index (κ3) is 5.08. The van der Waals surface area contributed by atoms with E-state index in [4.69, 9.17) is 9.47 Å². The van der Waals surface area contributed by atoms with Gasteiger partial charge in [-0.05, 0) is 50.3 Å². The van der Waals surface area contributed by atoms with E-state index < -0.39 is 0 Å². The maximum atomic E-state index is 12.3. The number of benzene rings is 1. The lowest BCUT2D eigenvalue weighted by atomic mass is 9.97. The van der Waals surface area contributed by atoms with E-state index in [1.54, 1.807) is 18.2 Å². The van der Waals surface area contributed by atoms with Gasteiger partial charge in [0.05, 0.1) is 0 Å². The van der Waals surface area contributed by atoms with Crippen molar-refractivity contribution in [2.24, 2.45) is 0 Å². The van der Waals surface area contributed by atoms with E-state index in [-0.39, 0.29) is 24.5 Å². The highest BCUT2D eigenvalue weighted by molar-refractivity contribution is 5.98. The van der Waals surface area contributed by atoms with Crippen LogP contribution in [0, 0.1) is 0 Å². The van der Waals surface area contributed by atoms with Gasteiger partial charge in [-0.15, -0.1) is 0 Å². The van der Waals surface area contributed by atoms with Crippen LogP contribution >= 0.6 is 0 Å². The molecule has 0 aromatic heterocycles. The SMILES string of the molecule is O=C(CCC(=O)c1ccc2c(c1)OCCO2)NCCC1=CCCCC1. The van der Waals surface area contributed by atoms with E-state index in [9.17, 15) is 9.59 Å². The molecule has 0 saturated heterocycles. The number of hydrogen-bond acceptors (Lipinski definition) is 4. The second-order valence-electron chi connectivity index (χ2n) is 6.49. The number of hydrogen-bond donors (Lipinski definition) is 1. The summed E-state index contributed by atoms with van der Waals surface area (Å²) in [5.41, 5.74) is 2.00. The van der Waals surface area contributed by atoms with Gasteiger partial charge in [-0.25, -0.2) is 0 Å². The summed E-state index contributed by atoms with van der Waals surface area (Å²) in [5.74, 6) is 1.14. The summed E-state index contributed by atoms with van der Waals surface area (Å²) in [6.45, 7) is 1.67. The zero-order valence-corrected chi connectivity index (χ0v) is 14.5. The quantitative estimate of drug-likeness (QED) is 0.608. The highest BCUT2D eigenvalue weighted by Crippen LogP contribution is 2.31. The fourth-order valence-electron chi connectivity index (χ4n) is 3.17. The molecule has 134 valence electrons. The van der Waals surface area contributed by atoms with Gasteiger partial charge in [0.1, 0.15) is 13.2 Å². The van der Waals surface area contributed by atoms with Gasteiger partial charge in [0, 0.05) is 24.9 Å². The summed E-state index contributed by atoms with van der Waals surface area (Å²) < 4.78 is 10.9. The Hall–Kier alpha value is -2.30. The number of amides is 1. The van der Waals surface area contributed by atoms with E-state index in [2.05, 4.69) is 11.4 Å². The van der Waals surface area contributed by atoms with Crippen molar-refractivity contribution in [1.29, 1.82) is 0 Å². The van der Waals surface area contributed by atoms with Crippen LogP contribution in [0.15, 0.2) is 29.8 Å². The molecule has 1 heterocycles. The van der Waals surface area contributed by atoms with Gasteiger partial charge >= 0.3 is 0 Å². The molecule has 0 spiro atoms. The molecule has 0 radical (unpaired) electrons. The predicted octanol–water partition coefficient (Wildman–Crippen LogP) is 3.43. The lowest BCUT2D eigenvalue weighted by Gasteiger charge is -2.18. The Bertz CT molecular complexity index is 666. The number of nitrogens with one attached hydrogen (secondary N) is 1. The maximum absolute atomic E-state index is 12.3. The molecule has 1 amide bonds. The van der Waals surface area contributed by atoms with Crippen LogP contribution in [0.3, 0.4) is 0 Å². The molecule has 1 aliphatic heterocycles. The van der Waals surface area contributed by atoms with Gasteiger partial charge in [0.2, 0.25) is 5.91 Å². The number of Topliss-reactive ketones (excluding diaryl/α,β-unsaturated/α-hetero) is 1. The molecular weight excluding hydrogens is 318 g/mol. The van der Waals surface area contributed by atoms with Crippen molar-refractivity contribution in [3.63, 3.8) is 0 Å². The Kier molecular flexibility index (Phi) is 6.09. The van der Waals surface area contributed by atoms with Gasteiger partial charge in [0.25, 0.3) is 0 Å². The fraction of sp³-hybridized carbons (Fsp3) is 0.500. The predicted molar refractivity (Wildman–Crippen MR) is 95.2 cm³/mol. The number of ketones is 1. The summed E-state index contributed by atoms with van der Waals surface area (Å²) in [6.07, 6.45) is 8.47. The van der Waals surface area contributed by atoms with Crippen LogP contribution in [0.2, 0.25) is 0 Å². The molecule has 1 N–H and O–H groups in total. The standard InChI is InChI=1S/C20H25NO4/c22-17(16-6-8-18-19(14-16)25-13-12-24-18)7-9-20(23)21-11-10-15-4-2-1-3-5-15/h4,6,8,14H,1-3,5,7,9-13H2,(H,21,23). The minimum Gasteiger partial charge on any atom is -0.486 e. The third-order valence-corrected chi connectivity index (χ3v) is 4.60. The van der Waals surface area contributed by atoms with Crippen molar-refractivity contribution < 1.29 is 19.1 Å². The number of allylic oxidation sites excluding steroid dienone is 1. The summed E-state index contributed by atoms with van der Waals surface area (Å²) in [6, 6.07) is 5.17. The van der Waals surface area contributed by atoms with Crippen molar-refractivity contribution >= 4 is 11.7 Å². The van der Waals surface area contributed by atoms with Crippen LogP contribution in [0.25, 0.3) is 0 Å². The largest absolute Gasteiger partial charge is 0.486 e. The molecular formula is C20H25NO4. The van der Waals surface area contributed by atoms with Crippen LogP contribution in [0.5, 0.6) is 11.5 Å².